The Balaban J connectivity index is 1.45. The second kappa shape index (κ2) is 14.3. The van der Waals surface area contributed by atoms with E-state index in [1.165, 1.54) is 25.6 Å². The maximum atomic E-state index is 7.81. The van der Waals surface area contributed by atoms with Crippen LogP contribution in [0.5, 0.6) is 0 Å². The zero-order valence-electron chi connectivity index (χ0n) is 28.9. The van der Waals surface area contributed by atoms with E-state index in [0.29, 0.717) is 6.61 Å². The molecular formula is C41H47BrO3SSi2. The monoisotopic (exact) mass is 754 g/mol. The molecule has 3 atom stereocenters. The van der Waals surface area contributed by atoms with Gasteiger partial charge in [-0.05, 0) is 58.9 Å². The molecule has 3 nitrogen and oxygen atoms in total. The van der Waals surface area contributed by atoms with E-state index in [0.717, 1.165) is 10.2 Å². The van der Waals surface area contributed by atoms with E-state index in [1.54, 1.807) is 11.3 Å². The first-order valence-electron chi connectivity index (χ1n) is 16.9. The number of ether oxygens (including phenoxy) is 1. The molecule has 0 aliphatic carbocycles. The normalized spacial score (nSPS) is 19.0. The zero-order chi connectivity index (χ0) is 34.0. The van der Waals surface area contributed by atoms with E-state index in [4.69, 9.17) is 13.6 Å². The summed E-state index contributed by atoms with van der Waals surface area (Å²) in [7, 11) is -5.65. The maximum absolute atomic E-state index is 7.81. The molecule has 1 aliphatic rings. The minimum Gasteiger partial charge on any atom is -0.405 e. The van der Waals surface area contributed by atoms with Gasteiger partial charge in [0, 0.05) is 11.3 Å². The molecule has 0 N–H and O–H groups in total. The van der Waals surface area contributed by atoms with E-state index < -0.39 is 16.6 Å². The molecule has 6 rings (SSSR count). The minimum absolute atomic E-state index is 0.0720. The Morgan fingerprint density at radius 2 is 1.04 bits per heavy atom. The van der Waals surface area contributed by atoms with Crippen LogP contribution in [0, 0.1) is 0 Å². The van der Waals surface area contributed by atoms with Gasteiger partial charge in [0.05, 0.1) is 22.6 Å². The summed E-state index contributed by atoms with van der Waals surface area (Å²) in [4.78, 5) is 1.21. The molecule has 7 heteroatoms. The van der Waals surface area contributed by atoms with Crippen molar-refractivity contribution >= 4 is 64.6 Å². The molecule has 0 saturated carbocycles. The van der Waals surface area contributed by atoms with Gasteiger partial charge in [0.2, 0.25) is 0 Å². The number of rotatable bonds is 10. The fourth-order valence-electron chi connectivity index (χ4n) is 7.56. The van der Waals surface area contributed by atoms with Crippen LogP contribution in [0.2, 0.25) is 10.1 Å². The molecule has 0 amide bonds. The Hall–Kier alpha value is -2.63. The highest BCUT2D eigenvalue weighted by Gasteiger charge is 2.55. The summed E-state index contributed by atoms with van der Waals surface area (Å²) >= 11 is 5.44. The number of hydrogen-bond acceptors (Lipinski definition) is 4. The van der Waals surface area contributed by atoms with Gasteiger partial charge in [0.15, 0.2) is 0 Å². The summed E-state index contributed by atoms with van der Waals surface area (Å²) in [6.45, 7) is 14.5. The molecule has 48 heavy (non-hydrogen) atoms. The summed E-state index contributed by atoms with van der Waals surface area (Å²) in [5.74, 6) is 0. The van der Waals surface area contributed by atoms with E-state index in [2.05, 4.69) is 191 Å². The third-order valence-electron chi connectivity index (χ3n) is 9.74. The highest BCUT2D eigenvalue weighted by molar-refractivity contribution is 9.11. The van der Waals surface area contributed by atoms with Gasteiger partial charge in [-0.2, -0.15) is 0 Å². The second-order valence-electron chi connectivity index (χ2n) is 14.8. The van der Waals surface area contributed by atoms with Crippen LogP contribution >= 0.6 is 27.3 Å². The topological polar surface area (TPSA) is 27.7 Å². The third-order valence-corrected chi connectivity index (χ3v) is 21.5. The van der Waals surface area contributed by atoms with Gasteiger partial charge in [-0.3, -0.25) is 0 Å². The smallest absolute Gasteiger partial charge is 0.261 e. The van der Waals surface area contributed by atoms with Crippen LogP contribution in [-0.4, -0.2) is 35.4 Å². The average Bonchev–Trinajstić information content (AvgIpc) is 3.70. The molecule has 1 saturated heterocycles. The molecule has 1 aliphatic heterocycles. The lowest BCUT2D eigenvalue weighted by Gasteiger charge is -2.46. The van der Waals surface area contributed by atoms with Crippen LogP contribution < -0.4 is 20.7 Å². The molecule has 1 fully saturated rings. The van der Waals surface area contributed by atoms with Crippen LogP contribution in [0.15, 0.2) is 137 Å². The fourth-order valence-corrected chi connectivity index (χ4v) is 18.3. The Bertz CT molecular complexity index is 1670. The molecular weight excluding hydrogens is 709 g/mol. The first-order valence-corrected chi connectivity index (χ1v) is 22.3. The number of benzene rings is 4. The predicted molar refractivity (Wildman–Crippen MR) is 210 cm³/mol. The van der Waals surface area contributed by atoms with Gasteiger partial charge < -0.3 is 13.6 Å². The third kappa shape index (κ3) is 6.75. The van der Waals surface area contributed by atoms with Crippen LogP contribution in [0.25, 0.3) is 0 Å². The van der Waals surface area contributed by atoms with E-state index >= 15 is 0 Å². The number of thiophene rings is 1. The standard InChI is InChI=1S/C41H47BrO3SSi2/c1-40(2,3)47(31-19-11-7-12-20-31,32-21-13-8-14-22-32)43-30-37-35(29-36(44-37)38-27-28-39(42)46-38)45-48(41(4,5)6,33-23-15-9-16-24-33)34-25-17-10-18-26-34/h7-28,35-37H,29-30H2,1-6H3/t35-,36?,37+/m0/s1. The lowest BCUT2D eigenvalue weighted by atomic mass is 10.1. The van der Waals surface area contributed by atoms with Crippen molar-refractivity contribution in [3.63, 3.8) is 0 Å². The molecule has 4 aromatic carbocycles. The Morgan fingerprint density at radius 3 is 1.42 bits per heavy atom. The predicted octanol–water partition coefficient (Wildman–Crippen LogP) is 8.86. The van der Waals surface area contributed by atoms with Crippen LogP contribution in [0.3, 0.4) is 0 Å². The summed E-state index contributed by atoms with van der Waals surface area (Å²) < 4.78 is 23.5. The van der Waals surface area contributed by atoms with Crippen LogP contribution in [0.4, 0.5) is 0 Å². The second-order valence-corrected chi connectivity index (χ2v) is 25.9. The van der Waals surface area contributed by atoms with Gasteiger partial charge in [0.1, 0.15) is 6.10 Å². The largest absolute Gasteiger partial charge is 0.405 e. The van der Waals surface area contributed by atoms with Gasteiger partial charge in [-0.25, -0.2) is 0 Å². The maximum Gasteiger partial charge on any atom is 0.261 e. The Morgan fingerprint density at radius 1 is 0.625 bits per heavy atom. The molecule has 250 valence electrons. The van der Waals surface area contributed by atoms with Crippen molar-refractivity contribution in [1.82, 2.24) is 0 Å². The first kappa shape index (κ1) is 35.2. The fraction of sp³-hybridized carbons (Fsp3) is 0.317. The van der Waals surface area contributed by atoms with Crippen LogP contribution in [-0.2, 0) is 13.6 Å². The van der Waals surface area contributed by atoms with E-state index in [9.17, 15) is 0 Å². The Labute approximate surface area is 301 Å². The summed E-state index contributed by atoms with van der Waals surface area (Å²) in [5.41, 5.74) is 0. The number of hydrogen-bond donors (Lipinski definition) is 0. The van der Waals surface area contributed by atoms with Crippen molar-refractivity contribution in [2.75, 3.05) is 6.61 Å². The lowest BCUT2D eigenvalue weighted by Crippen LogP contribution is -2.69. The van der Waals surface area contributed by atoms with Gasteiger partial charge in [-0.1, -0.05) is 163 Å². The highest BCUT2D eigenvalue weighted by atomic mass is 79.9. The van der Waals surface area contributed by atoms with Crippen molar-refractivity contribution in [2.45, 2.75) is 76.4 Å². The lowest BCUT2D eigenvalue weighted by molar-refractivity contribution is -0.0139. The van der Waals surface area contributed by atoms with Crippen molar-refractivity contribution in [2.24, 2.45) is 0 Å². The van der Waals surface area contributed by atoms with E-state index in [1.807, 2.05) is 0 Å². The van der Waals surface area contributed by atoms with Crippen molar-refractivity contribution < 1.29 is 13.6 Å². The van der Waals surface area contributed by atoms with Gasteiger partial charge in [0.25, 0.3) is 16.6 Å². The highest BCUT2D eigenvalue weighted by Crippen LogP contribution is 2.45. The van der Waals surface area contributed by atoms with Crippen molar-refractivity contribution in [3.8, 4) is 0 Å². The Kier molecular flexibility index (Phi) is 10.5. The zero-order valence-corrected chi connectivity index (χ0v) is 33.3. The van der Waals surface area contributed by atoms with Gasteiger partial charge in [-0.15, -0.1) is 11.3 Å². The molecule has 0 radical (unpaired) electrons. The van der Waals surface area contributed by atoms with Crippen LogP contribution in [0.1, 0.15) is 58.9 Å². The average molecular weight is 756 g/mol. The van der Waals surface area contributed by atoms with Crippen molar-refractivity contribution in [1.29, 1.82) is 0 Å². The molecule has 1 aromatic heterocycles. The molecule has 1 unspecified atom stereocenters. The van der Waals surface area contributed by atoms with Gasteiger partial charge >= 0.3 is 0 Å². The first-order chi connectivity index (χ1) is 23.0. The van der Waals surface area contributed by atoms with E-state index in [-0.39, 0.29) is 28.4 Å². The molecule has 0 bridgehead atoms. The molecule has 5 aromatic rings. The quantitative estimate of drug-likeness (QED) is 0.133. The molecule has 2 heterocycles. The number of halogens is 1. The summed E-state index contributed by atoms with van der Waals surface area (Å²) in [6, 6.07) is 47.9. The minimum atomic E-state index is -2.85. The SMILES string of the molecule is CC(C)(C)[Si](OC[C@H]1OC(c2ccc(Br)s2)C[C@@H]1O[Si](c1ccccc1)(c1ccccc1)C(C)(C)C)(c1ccccc1)c1ccccc1. The summed E-state index contributed by atoms with van der Waals surface area (Å²) in [5, 5.41) is 4.80. The van der Waals surface area contributed by atoms with Crippen molar-refractivity contribution in [3.05, 3.63) is 142 Å². The summed E-state index contributed by atoms with van der Waals surface area (Å²) in [6.07, 6.45) is 0.281. The molecule has 0 spiro atoms.